The molecule has 6 nitrogen and oxygen atoms in total. The maximum Gasteiger partial charge on any atom is 0.328 e. The lowest BCUT2D eigenvalue weighted by atomic mass is 9.99. The van der Waals surface area contributed by atoms with Gasteiger partial charge in [-0.1, -0.05) is 33.1 Å². The van der Waals surface area contributed by atoms with E-state index < -0.39 is 6.04 Å². The van der Waals surface area contributed by atoms with Crippen LogP contribution in [0.5, 0.6) is 0 Å². The third-order valence-electron chi connectivity index (χ3n) is 3.82. The number of carbonyl (C=O) groups excluding carboxylic acids is 2. The van der Waals surface area contributed by atoms with Gasteiger partial charge in [0.15, 0.2) is 0 Å². The summed E-state index contributed by atoms with van der Waals surface area (Å²) in [5, 5.41) is 6.72. The van der Waals surface area contributed by atoms with E-state index >= 15 is 0 Å². The lowest BCUT2D eigenvalue weighted by molar-refractivity contribution is -0.145. The molecule has 0 aliphatic heterocycles. The van der Waals surface area contributed by atoms with Gasteiger partial charge >= 0.3 is 5.97 Å². The lowest BCUT2D eigenvalue weighted by Gasteiger charge is -2.18. The normalized spacial score (nSPS) is 13.5. The van der Waals surface area contributed by atoms with E-state index in [0.29, 0.717) is 24.6 Å². The van der Waals surface area contributed by atoms with Crippen molar-refractivity contribution in [3.05, 3.63) is 18.0 Å². The van der Waals surface area contributed by atoms with Crippen molar-refractivity contribution in [2.24, 2.45) is 13.0 Å². The summed E-state index contributed by atoms with van der Waals surface area (Å²) in [6, 6.07) is 1.02. The maximum atomic E-state index is 12.2. The molecule has 0 radical (unpaired) electrons. The van der Waals surface area contributed by atoms with Gasteiger partial charge in [0.25, 0.3) is 5.91 Å². The topological polar surface area (TPSA) is 73.2 Å². The molecule has 22 heavy (non-hydrogen) atoms. The second-order valence-electron chi connectivity index (χ2n) is 5.56. The molecule has 1 amide bonds. The fourth-order valence-electron chi connectivity index (χ4n) is 2.20. The highest BCUT2D eigenvalue weighted by Crippen LogP contribution is 2.13. The number of hydrogen-bond acceptors (Lipinski definition) is 4. The van der Waals surface area contributed by atoms with Crippen LogP contribution in [0.1, 0.15) is 56.9 Å². The molecule has 0 saturated carbocycles. The van der Waals surface area contributed by atoms with Crippen LogP contribution in [0.25, 0.3) is 0 Å². The highest BCUT2D eigenvalue weighted by atomic mass is 16.5. The van der Waals surface area contributed by atoms with Gasteiger partial charge in [-0.15, -0.1) is 0 Å². The first-order valence-corrected chi connectivity index (χ1v) is 7.95. The smallest absolute Gasteiger partial charge is 0.328 e. The first-order valence-electron chi connectivity index (χ1n) is 7.95. The lowest BCUT2D eigenvalue weighted by Crippen LogP contribution is -2.42. The molecule has 124 valence electrons. The molecule has 6 heteroatoms. The van der Waals surface area contributed by atoms with Crippen molar-refractivity contribution in [2.75, 3.05) is 6.61 Å². The van der Waals surface area contributed by atoms with E-state index in [1.807, 2.05) is 0 Å². The molecule has 0 fully saturated rings. The summed E-state index contributed by atoms with van der Waals surface area (Å²) in [4.78, 5) is 24.2. The summed E-state index contributed by atoms with van der Waals surface area (Å²) in [5.41, 5.74) is 0.427. The molecule has 1 aromatic rings. The highest BCUT2D eigenvalue weighted by Gasteiger charge is 2.23. The SMILES string of the molecule is CCOC(=O)C(CCCC(C)CC)NC(=O)c1ccnn1C. The fourth-order valence-corrected chi connectivity index (χ4v) is 2.20. The van der Waals surface area contributed by atoms with Crippen LogP contribution < -0.4 is 5.32 Å². The Kier molecular flexibility index (Phi) is 7.63. The molecule has 2 atom stereocenters. The number of carbonyl (C=O) groups is 2. The summed E-state index contributed by atoms with van der Waals surface area (Å²) < 4.78 is 6.54. The van der Waals surface area contributed by atoms with Gasteiger partial charge < -0.3 is 10.1 Å². The molecule has 1 aromatic heterocycles. The van der Waals surface area contributed by atoms with E-state index in [0.717, 1.165) is 19.3 Å². The second-order valence-corrected chi connectivity index (χ2v) is 5.56. The molecule has 2 unspecified atom stereocenters. The number of nitrogens with zero attached hydrogens (tertiary/aromatic N) is 2. The third kappa shape index (κ3) is 5.50. The molecule has 0 aromatic carbocycles. The maximum absolute atomic E-state index is 12.2. The molecule has 1 N–H and O–H groups in total. The second kappa shape index (κ2) is 9.23. The number of hydrogen-bond donors (Lipinski definition) is 1. The van der Waals surface area contributed by atoms with Crippen LogP contribution in [0.4, 0.5) is 0 Å². The van der Waals surface area contributed by atoms with E-state index in [4.69, 9.17) is 4.74 Å². The van der Waals surface area contributed by atoms with E-state index in [-0.39, 0.29) is 11.9 Å². The quantitative estimate of drug-likeness (QED) is 0.710. The Morgan fingerprint density at radius 2 is 2.09 bits per heavy atom. The van der Waals surface area contributed by atoms with Crippen LogP contribution in [0, 0.1) is 5.92 Å². The molecule has 0 aliphatic carbocycles. The number of esters is 1. The van der Waals surface area contributed by atoms with Crippen LogP contribution in [0.3, 0.4) is 0 Å². The Hall–Kier alpha value is -1.85. The highest BCUT2D eigenvalue weighted by molar-refractivity contribution is 5.95. The first-order chi connectivity index (χ1) is 10.5. The van der Waals surface area contributed by atoms with Crippen LogP contribution >= 0.6 is 0 Å². The van der Waals surface area contributed by atoms with Gasteiger partial charge in [-0.05, 0) is 25.3 Å². The van der Waals surface area contributed by atoms with E-state index in [1.165, 1.54) is 4.68 Å². The minimum absolute atomic E-state index is 0.304. The van der Waals surface area contributed by atoms with Gasteiger partial charge in [0.05, 0.1) is 6.61 Å². The predicted octanol–water partition coefficient (Wildman–Crippen LogP) is 2.30. The van der Waals surface area contributed by atoms with Crippen molar-refractivity contribution >= 4 is 11.9 Å². The van der Waals surface area contributed by atoms with Crippen LogP contribution in [0.15, 0.2) is 12.3 Å². The van der Waals surface area contributed by atoms with Crippen molar-refractivity contribution in [3.63, 3.8) is 0 Å². The Labute approximate surface area is 132 Å². The average Bonchev–Trinajstić information content (AvgIpc) is 2.92. The van der Waals surface area contributed by atoms with Crippen molar-refractivity contribution in [1.29, 1.82) is 0 Å². The molecule has 1 rings (SSSR count). The van der Waals surface area contributed by atoms with E-state index in [1.54, 1.807) is 26.2 Å². The van der Waals surface area contributed by atoms with Gasteiger partial charge in [0, 0.05) is 13.2 Å². The van der Waals surface area contributed by atoms with Gasteiger partial charge in [-0.2, -0.15) is 5.10 Å². The largest absolute Gasteiger partial charge is 0.464 e. The molecular formula is C16H27N3O3. The molecule has 1 heterocycles. The third-order valence-corrected chi connectivity index (χ3v) is 3.82. The van der Waals surface area contributed by atoms with Gasteiger partial charge in [0.1, 0.15) is 11.7 Å². The number of nitrogens with one attached hydrogen (secondary N) is 1. The fraction of sp³-hybridized carbons (Fsp3) is 0.688. The van der Waals surface area contributed by atoms with Crippen LogP contribution in [-0.4, -0.2) is 34.3 Å². The zero-order valence-corrected chi connectivity index (χ0v) is 14.0. The minimum atomic E-state index is -0.605. The average molecular weight is 309 g/mol. The number of aromatic nitrogens is 2. The number of rotatable bonds is 9. The van der Waals surface area contributed by atoms with Gasteiger partial charge in [0.2, 0.25) is 0 Å². The van der Waals surface area contributed by atoms with Gasteiger partial charge in [-0.25, -0.2) is 4.79 Å². The predicted molar refractivity (Wildman–Crippen MR) is 84.4 cm³/mol. The summed E-state index contributed by atoms with van der Waals surface area (Å²) in [6.07, 6.45) is 5.17. The molecular weight excluding hydrogens is 282 g/mol. The first kappa shape index (κ1) is 18.2. The summed E-state index contributed by atoms with van der Waals surface area (Å²) in [7, 11) is 1.69. The Balaban J connectivity index is 2.63. The standard InChI is InChI=1S/C16H27N3O3/c1-5-12(3)8-7-9-13(16(21)22-6-2)18-15(20)14-10-11-17-19(14)4/h10-13H,5-9H2,1-4H3,(H,18,20). The van der Waals surface area contributed by atoms with Crippen molar-refractivity contribution in [2.45, 2.75) is 52.5 Å². The minimum Gasteiger partial charge on any atom is -0.464 e. The van der Waals surface area contributed by atoms with Crippen molar-refractivity contribution < 1.29 is 14.3 Å². The zero-order chi connectivity index (χ0) is 16.5. The molecule has 0 bridgehead atoms. The van der Waals surface area contributed by atoms with Crippen molar-refractivity contribution in [1.82, 2.24) is 15.1 Å². The molecule has 0 saturated heterocycles. The number of ether oxygens (including phenoxy) is 1. The Morgan fingerprint density at radius 1 is 1.36 bits per heavy atom. The summed E-state index contributed by atoms with van der Waals surface area (Å²) >= 11 is 0. The number of amides is 1. The van der Waals surface area contributed by atoms with E-state index in [2.05, 4.69) is 24.3 Å². The molecule has 0 aliphatic rings. The van der Waals surface area contributed by atoms with E-state index in [9.17, 15) is 9.59 Å². The summed E-state index contributed by atoms with van der Waals surface area (Å²) in [5.74, 6) is -0.0561. The monoisotopic (exact) mass is 309 g/mol. The zero-order valence-electron chi connectivity index (χ0n) is 14.0. The van der Waals surface area contributed by atoms with Crippen LogP contribution in [-0.2, 0) is 16.6 Å². The molecule has 0 spiro atoms. The Bertz CT molecular complexity index is 485. The number of aryl methyl sites for hydroxylation is 1. The Morgan fingerprint density at radius 3 is 2.64 bits per heavy atom. The van der Waals surface area contributed by atoms with Gasteiger partial charge in [-0.3, -0.25) is 9.48 Å². The van der Waals surface area contributed by atoms with Crippen molar-refractivity contribution in [3.8, 4) is 0 Å². The van der Waals surface area contributed by atoms with Crippen LogP contribution in [0.2, 0.25) is 0 Å². The summed E-state index contributed by atoms with van der Waals surface area (Å²) in [6.45, 7) is 6.41.